The van der Waals surface area contributed by atoms with Crippen molar-refractivity contribution in [2.24, 2.45) is 7.05 Å². The van der Waals surface area contributed by atoms with E-state index in [1.165, 1.54) is 12.5 Å². The molecule has 1 unspecified atom stereocenters. The number of aromatic nitrogens is 1. The molecular weight excluding hydrogens is 430 g/mol. The van der Waals surface area contributed by atoms with Gasteiger partial charge >= 0.3 is 0 Å². The number of rotatable bonds is 4. The summed E-state index contributed by atoms with van der Waals surface area (Å²) in [4.78, 5) is 25.3. The summed E-state index contributed by atoms with van der Waals surface area (Å²) in [6.45, 7) is 3.07. The van der Waals surface area contributed by atoms with E-state index in [1.54, 1.807) is 29.2 Å². The summed E-state index contributed by atoms with van der Waals surface area (Å²) in [5, 5.41) is 3.52. The molecule has 162 valence electrons. The first-order chi connectivity index (χ1) is 14.8. The molecule has 1 aromatic carbocycles. The van der Waals surface area contributed by atoms with Crippen LogP contribution in [0.25, 0.3) is 27.3 Å². The standard InChI is InChI=1S/C23H25N3O3S2/c1-15(27)24-18-6-4-5-17(12-18)21-14-25(2)23(28)20-13-19(30-22(20)21)11-16-7-9-26(10-8-16)31(3)29/h4-6,11-14H,7-10H2,1-3H3,(H,24,27). The highest BCUT2D eigenvalue weighted by Crippen LogP contribution is 2.35. The number of amides is 1. The Bertz CT molecular complexity index is 1260. The average Bonchev–Trinajstić information content (AvgIpc) is 3.14. The van der Waals surface area contributed by atoms with Crippen molar-refractivity contribution < 1.29 is 9.00 Å². The van der Waals surface area contributed by atoms with Gasteiger partial charge in [0, 0.05) is 60.3 Å². The van der Waals surface area contributed by atoms with E-state index in [2.05, 4.69) is 11.4 Å². The second-order valence-electron chi connectivity index (χ2n) is 7.77. The van der Waals surface area contributed by atoms with Gasteiger partial charge < -0.3 is 9.88 Å². The van der Waals surface area contributed by atoms with Crippen LogP contribution >= 0.6 is 11.3 Å². The molecule has 0 spiro atoms. The summed E-state index contributed by atoms with van der Waals surface area (Å²) < 4.78 is 16.2. The molecule has 6 nitrogen and oxygen atoms in total. The van der Waals surface area contributed by atoms with Gasteiger partial charge in [0.25, 0.3) is 5.56 Å². The summed E-state index contributed by atoms with van der Waals surface area (Å²) in [7, 11) is 0.840. The fourth-order valence-electron chi connectivity index (χ4n) is 3.89. The number of fused-ring (bicyclic) bond motifs is 1. The van der Waals surface area contributed by atoms with Crippen molar-refractivity contribution in [3.8, 4) is 11.1 Å². The fourth-order valence-corrected chi connectivity index (χ4v) is 5.76. The number of thiophene rings is 1. The molecule has 31 heavy (non-hydrogen) atoms. The predicted molar refractivity (Wildman–Crippen MR) is 130 cm³/mol. The highest BCUT2D eigenvalue weighted by atomic mass is 32.2. The second kappa shape index (κ2) is 8.90. The smallest absolute Gasteiger partial charge is 0.259 e. The lowest BCUT2D eigenvalue weighted by molar-refractivity contribution is -0.114. The van der Waals surface area contributed by atoms with Crippen molar-refractivity contribution in [2.75, 3.05) is 24.7 Å². The van der Waals surface area contributed by atoms with Crippen LogP contribution in [0.2, 0.25) is 0 Å². The minimum atomic E-state index is -0.923. The quantitative estimate of drug-likeness (QED) is 0.646. The number of nitrogens with one attached hydrogen (secondary N) is 1. The zero-order valence-electron chi connectivity index (χ0n) is 17.8. The van der Waals surface area contributed by atoms with E-state index in [0.29, 0.717) is 5.39 Å². The summed E-state index contributed by atoms with van der Waals surface area (Å²) in [6, 6.07) is 9.65. The molecule has 3 heterocycles. The van der Waals surface area contributed by atoms with Crippen molar-refractivity contribution in [2.45, 2.75) is 19.8 Å². The molecule has 2 aromatic heterocycles. The van der Waals surface area contributed by atoms with Gasteiger partial charge in [-0.2, -0.15) is 0 Å². The van der Waals surface area contributed by atoms with Crippen LogP contribution in [0, 0.1) is 0 Å². The van der Waals surface area contributed by atoms with E-state index in [-0.39, 0.29) is 11.5 Å². The van der Waals surface area contributed by atoms with Crippen LogP contribution in [0.4, 0.5) is 5.69 Å². The van der Waals surface area contributed by atoms with Gasteiger partial charge in [-0.25, -0.2) is 8.51 Å². The zero-order chi connectivity index (χ0) is 22.1. The monoisotopic (exact) mass is 455 g/mol. The number of hydrogen-bond acceptors (Lipinski definition) is 4. The van der Waals surface area contributed by atoms with Crippen molar-refractivity contribution in [3.63, 3.8) is 0 Å². The molecule has 1 aliphatic rings. The maximum absolute atomic E-state index is 12.8. The van der Waals surface area contributed by atoms with Gasteiger partial charge in [-0.1, -0.05) is 17.7 Å². The minimum Gasteiger partial charge on any atom is -0.326 e. The van der Waals surface area contributed by atoms with Crippen molar-refractivity contribution in [3.05, 3.63) is 57.3 Å². The lowest BCUT2D eigenvalue weighted by Gasteiger charge is -2.25. The highest BCUT2D eigenvalue weighted by Gasteiger charge is 2.18. The number of hydrogen-bond donors (Lipinski definition) is 1. The summed E-state index contributed by atoms with van der Waals surface area (Å²) in [5.74, 6) is -0.120. The number of carbonyl (C=O) groups excluding carboxylic acids is 1. The first-order valence-corrected chi connectivity index (χ1v) is 12.4. The van der Waals surface area contributed by atoms with Gasteiger partial charge in [0.15, 0.2) is 0 Å². The maximum atomic E-state index is 12.8. The third kappa shape index (κ3) is 4.71. The molecule has 1 saturated heterocycles. The van der Waals surface area contributed by atoms with Gasteiger partial charge in [-0.15, -0.1) is 11.3 Å². The molecule has 1 aliphatic heterocycles. The predicted octanol–water partition coefficient (Wildman–Crippen LogP) is 4.00. The minimum absolute atomic E-state index is 0.0196. The number of pyridine rings is 1. The number of nitrogens with zero attached hydrogens (tertiary/aromatic N) is 2. The number of piperidine rings is 1. The summed E-state index contributed by atoms with van der Waals surface area (Å²) >= 11 is 1.61. The average molecular weight is 456 g/mol. The van der Waals surface area contributed by atoms with E-state index in [0.717, 1.165) is 52.3 Å². The van der Waals surface area contributed by atoms with Gasteiger partial charge in [0.2, 0.25) is 5.91 Å². The highest BCUT2D eigenvalue weighted by molar-refractivity contribution is 7.81. The van der Waals surface area contributed by atoms with E-state index < -0.39 is 11.0 Å². The van der Waals surface area contributed by atoms with Gasteiger partial charge in [-0.05, 0) is 42.7 Å². The number of carbonyl (C=O) groups is 1. The van der Waals surface area contributed by atoms with Gasteiger partial charge in [-0.3, -0.25) is 9.59 Å². The molecule has 0 aliphatic carbocycles. The van der Waals surface area contributed by atoms with Crippen LogP contribution in [0.15, 0.2) is 46.9 Å². The molecule has 0 bridgehead atoms. The van der Waals surface area contributed by atoms with Crippen molar-refractivity contribution >= 4 is 50.1 Å². The number of anilines is 1. The summed E-state index contributed by atoms with van der Waals surface area (Å²) in [5.41, 5.74) is 3.95. The first-order valence-electron chi connectivity index (χ1n) is 10.1. The van der Waals surface area contributed by atoms with E-state index >= 15 is 0 Å². The SMILES string of the molecule is CC(=O)Nc1cccc(-c2cn(C)c(=O)c3cc(C=C4CCN(S(C)=O)CC4)sc23)c1. The zero-order valence-corrected chi connectivity index (χ0v) is 19.4. The van der Waals surface area contributed by atoms with Crippen LogP contribution in [-0.2, 0) is 22.8 Å². The molecular formula is C23H25N3O3S2. The van der Waals surface area contributed by atoms with Crippen molar-refractivity contribution in [1.29, 1.82) is 0 Å². The summed E-state index contributed by atoms with van der Waals surface area (Å²) in [6.07, 6.45) is 7.53. The van der Waals surface area contributed by atoms with Crippen molar-refractivity contribution in [1.82, 2.24) is 8.87 Å². The van der Waals surface area contributed by atoms with Crippen LogP contribution < -0.4 is 10.9 Å². The van der Waals surface area contributed by atoms with Crippen LogP contribution in [0.3, 0.4) is 0 Å². The van der Waals surface area contributed by atoms with Gasteiger partial charge in [0.1, 0.15) is 0 Å². The van der Waals surface area contributed by atoms with E-state index in [1.807, 2.05) is 40.8 Å². The second-order valence-corrected chi connectivity index (χ2v) is 10.2. The molecule has 1 N–H and O–H groups in total. The van der Waals surface area contributed by atoms with E-state index in [4.69, 9.17) is 0 Å². The topological polar surface area (TPSA) is 71.4 Å². The molecule has 3 aromatic rings. The molecule has 8 heteroatoms. The molecule has 0 radical (unpaired) electrons. The Morgan fingerprint density at radius 2 is 1.97 bits per heavy atom. The molecule has 1 amide bonds. The molecule has 1 fully saturated rings. The number of benzene rings is 1. The lowest BCUT2D eigenvalue weighted by Crippen LogP contribution is -2.31. The first kappa shape index (κ1) is 21.7. The molecule has 4 rings (SSSR count). The van der Waals surface area contributed by atoms with Crippen LogP contribution in [0.5, 0.6) is 0 Å². The Kier molecular flexibility index (Phi) is 6.22. The Balaban J connectivity index is 1.74. The Morgan fingerprint density at radius 1 is 1.23 bits per heavy atom. The molecule has 1 atom stereocenters. The number of aryl methyl sites for hydroxylation is 1. The Morgan fingerprint density at radius 3 is 2.65 bits per heavy atom. The van der Waals surface area contributed by atoms with E-state index in [9.17, 15) is 13.8 Å². The lowest BCUT2D eigenvalue weighted by atomic mass is 10.0. The third-order valence-electron chi connectivity index (χ3n) is 5.44. The van der Waals surface area contributed by atoms with Gasteiger partial charge in [0.05, 0.1) is 16.4 Å². The molecule has 0 saturated carbocycles. The largest absolute Gasteiger partial charge is 0.326 e. The normalized spacial score (nSPS) is 15.8. The Labute approximate surface area is 187 Å². The maximum Gasteiger partial charge on any atom is 0.259 e. The fraction of sp³-hybridized carbons (Fsp3) is 0.304. The van der Waals surface area contributed by atoms with Crippen LogP contribution in [0.1, 0.15) is 24.6 Å². The third-order valence-corrected chi connectivity index (χ3v) is 7.65. The Hall–Kier alpha value is -2.55. The van der Waals surface area contributed by atoms with Crippen LogP contribution in [-0.4, -0.2) is 38.3 Å².